The van der Waals surface area contributed by atoms with Crippen molar-refractivity contribution in [3.8, 4) is 5.75 Å². The lowest BCUT2D eigenvalue weighted by atomic mass is 9.93. The summed E-state index contributed by atoms with van der Waals surface area (Å²) in [5, 5.41) is 4.41. The molecule has 0 spiro atoms. The van der Waals surface area contributed by atoms with Gasteiger partial charge >= 0.3 is 6.18 Å². The van der Waals surface area contributed by atoms with Crippen molar-refractivity contribution in [2.24, 2.45) is 0 Å². The number of hydrogen-bond donors (Lipinski definition) is 0. The van der Waals surface area contributed by atoms with Gasteiger partial charge in [-0.25, -0.2) is 0 Å². The van der Waals surface area contributed by atoms with E-state index < -0.39 is 11.7 Å². The average molecular weight is 366 g/mol. The number of rotatable bonds is 3. The van der Waals surface area contributed by atoms with Crippen LogP contribution in [0.25, 0.3) is 21.5 Å². The molecule has 1 nitrogen and oxygen atoms in total. The molecule has 0 N–H and O–H groups in total. The molecule has 0 aromatic heterocycles. The Hall–Kier alpha value is -3.01. The van der Waals surface area contributed by atoms with Gasteiger partial charge in [0.25, 0.3) is 0 Å². The van der Waals surface area contributed by atoms with E-state index in [-0.39, 0.29) is 0 Å². The summed E-state index contributed by atoms with van der Waals surface area (Å²) in [7, 11) is 1.62. The predicted molar refractivity (Wildman–Crippen MR) is 102 cm³/mol. The molecular formula is C23H17F3O. The third kappa shape index (κ3) is 3.35. The molecular weight excluding hydrogens is 349 g/mol. The van der Waals surface area contributed by atoms with Gasteiger partial charge in [-0.1, -0.05) is 48.5 Å². The van der Waals surface area contributed by atoms with Gasteiger partial charge in [-0.15, -0.1) is 0 Å². The Labute approximate surface area is 155 Å². The maximum Gasteiger partial charge on any atom is 0.416 e. The second-order valence-electron chi connectivity index (χ2n) is 6.54. The van der Waals surface area contributed by atoms with Crippen LogP contribution in [0.4, 0.5) is 13.2 Å². The summed E-state index contributed by atoms with van der Waals surface area (Å²) in [6.07, 6.45) is -3.77. The lowest BCUT2D eigenvalue weighted by Gasteiger charge is -2.13. The minimum Gasteiger partial charge on any atom is -0.497 e. The zero-order valence-electron chi connectivity index (χ0n) is 14.7. The maximum atomic E-state index is 12.8. The average Bonchev–Trinajstić information content (AvgIpc) is 2.67. The molecule has 0 fully saturated rings. The van der Waals surface area contributed by atoms with E-state index in [1.165, 1.54) is 0 Å². The van der Waals surface area contributed by atoms with Crippen LogP contribution in [0.1, 0.15) is 16.7 Å². The van der Waals surface area contributed by atoms with E-state index in [4.69, 9.17) is 4.74 Å². The van der Waals surface area contributed by atoms with Crippen molar-refractivity contribution in [3.05, 3.63) is 89.5 Å². The summed E-state index contributed by atoms with van der Waals surface area (Å²) >= 11 is 0. The van der Waals surface area contributed by atoms with Crippen LogP contribution < -0.4 is 4.74 Å². The Balaban J connectivity index is 1.84. The van der Waals surface area contributed by atoms with E-state index in [2.05, 4.69) is 18.2 Å². The Morgan fingerprint density at radius 1 is 0.778 bits per heavy atom. The van der Waals surface area contributed by atoms with Gasteiger partial charge in [-0.3, -0.25) is 0 Å². The molecule has 0 heterocycles. The van der Waals surface area contributed by atoms with Crippen LogP contribution >= 0.6 is 0 Å². The Kier molecular flexibility index (Phi) is 4.27. The highest BCUT2D eigenvalue weighted by Crippen LogP contribution is 2.33. The van der Waals surface area contributed by atoms with E-state index in [0.29, 0.717) is 6.42 Å². The van der Waals surface area contributed by atoms with Gasteiger partial charge in [0.15, 0.2) is 0 Å². The summed E-state index contributed by atoms with van der Waals surface area (Å²) in [6.45, 7) is 0. The van der Waals surface area contributed by atoms with Gasteiger partial charge in [0, 0.05) is 0 Å². The van der Waals surface area contributed by atoms with E-state index in [1.54, 1.807) is 19.2 Å². The summed E-state index contributed by atoms with van der Waals surface area (Å²) in [5.74, 6) is 0.756. The fourth-order valence-corrected chi connectivity index (χ4v) is 3.46. The second-order valence-corrected chi connectivity index (χ2v) is 6.54. The normalized spacial score (nSPS) is 11.9. The van der Waals surface area contributed by atoms with Crippen LogP contribution in [0.5, 0.6) is 5.75 Å². The highest BCUT2D eigenvalue weighted by atomic mass is 19.4. The van der Waals surface area contributed by atoms with Crippen LogP contribution in [0.2, 0.25) is 0 Å². The Morgan fingerprint density at radius 2 is 1.52 bits per heavy atom. The SMILES string of the molecule is COc1ccc2c(c1)c(Cc1ccc(C(F)(F)F)cc1)cc1ccccc12. The zero-order chi connectivity index (χ0) is 19.0. The lowest BCUT2D eigenvalue weighted by molar-refractivity contribution is -0.137. The van der Waals surface area contributed by atoms with Crippen LogP contribution in [0.3, 0.4) is 0 Å². The number of methoxy groups -OCH3 is 1. The highest BCUT2D eigenvalue weighted by Gasteiger charge is 2.29. The molecule has 0 saturated carbocycles. The van der Waals surface area contributed by atoms with Gasteiger partial charge in [0.05, 0.1) is 12.7 Å². The molecule has 0 bridgehead atoms. The summed E-state index contributed by atoms with van der Waals surface area (Å²) in [6, 6.07) is 21.5. The van der Waals surface area contributed by atoms with Crippen molar-refractivity contribution >= 4 is 21.5 Å². The quantitative estimate of drug-likeness (QED) is 0.371. The molecule has 4 rings (SSSR count). The molecule has 4 aromatic carbocycles. The lowest BCUT2D eigenvalue weighted by Crippen LogP contribution is -2.04. The minimum absolute atomic E-state index is 0.548. The first kappa shape index (κ1) is 17.4. The van der Waals surface area contributed by atoms with Crippen LogP contribution in [0, 0.1) is 0 Å². The van der Waals surface area contributed by atoms with Gasteiger partial charge in [0.2, 0.25) is 0 Å². The van der Waals surface area contributed by atoms with Gasteiger partial charge < -0.3 is 4.74 Å². The molecule has 4 aromatic rings. The van der Waals surface area contributed by atoms with Crippen molar-refractivity contribution < 1.29 is 17.9 Å². The molecule has 27 heavy (non-hydrogen) atoms. The Bertz CT molecular complexity index is 1110. The van der Waals surface area contributed by atoms with Crippen LogP contribution in [-0.4, -0.2) is 7.11 Å². The minimum atomic E-state index is -4.32. The van der Waals surface area contributed by atoms with E-state index in [0.717, 1.165) is 50.6 Å². The molecule has 0 aliphatic rings. The van der Waals surface area contributed by atoms with Crippen molar-refractivity contribution in [2.75, 3.05) is 7.11 Å². The molecule has 0 aliphatic heterocycles. The summed E-state index contributed by atoms with van der Waals surface area (Å²) in [5.41, 5.74) is 1.26. The van der Waals surface area contributed by atoms with E-state index in [9.17, 15) is 13.2 Å². The van der Waals surface area contributed by atoms with Crippen LogP contribution in [0.15, 0.2) is 72.8 Å². The molecule has 0 unspecified atom stereocenters. The Morgan fingerprint density at radius 3 is 2.22 bits per heavy atom. The fourth-order valence-electron chi connectivity index (χ4n) is 3.46. The molecule has 136 valence electrons. The first-order valence-corrected chi connectivity index (χ1v) is 8.60. The number of fused-ring (bicyclic) bond motifs is 3. The van der Waals surface area contributed by atoms with Gasteiger partial charge in [0.1, 0.15) is 5.75 Å². The molecule has 0 radical (unpaired) electrons. The number of alkyl halides is 3. The zero-order valence-corrected chi connectivity index (χ0v) is 14.7. The fraction of sp³-hybridized carbons (Fsp3) is 0.130. The topological polar surface area (TPSA) is 9.23 Å². The summed E-state index contributed by atoms with van der Waals surface area (Å²) in [4.78, 5) is 0. The number of benzene rings is 4. The first-order chi connectivity index (χ1) is 13.0. The van der Waals surface area contributed by atoms with Crippen molar-refractivity contribution in [1.82, 2.24) is 0 Å². The van der Waals surface area contributed by atoms with Crippen molar-refractivity contribution in [1.29, 1.82) is 0 Å². The monoisotopic (exact) mass is 366 g/mol. The summed E-state index contributed by atoms with van der Waals surface area (Å²) < 4.78 is 43.8. The van der Waals surface area contributed by atoms with Gasteiger partial charge in [-0.05, 0) is 63.4 Å². The van der Waals surface area contributed by atoms with E-state index in [1.807, 2.05) is 30.3 Å². The maximum absolute atomic E-state index is 12.8. The molecule has 0 amide bonds. The number of ether oxygens (including phenoxy) is 1. The largest absolute Gasteiger partial charge is 0.497 e. The van der Waals surface area contributed by atoms with E-state index >= 15 is 0 Å². The van der Waals surface area contributed by atoms with Gasteiger partial charge in [-0.2, -0.15) is 13.2 Å². The highest BCUT2D eigenvalue weighted by molar-refractivity contribution is 6.09. The smallest absolute Gasteiger partial charge is 0.416 e. The second kappa shape index (κ2) is 6.62. The van der Waals surface area contributed by atoms with Crippen molar-refractivity contribution in [3.63, 3.8) is 0 Å². The molecule has 0 aliphatic carbocycles. The standard InChI is InChI=1S/C23H17F3O/c1-27-19-10-11-21-20-5-3-2-4-16(20)13-17(22(21)14-19)12-15-6-8-18(9-7-15)23(24,25)26/h2-11,13-14H,12H2,1H3. The number of hydrogen-bond acceptors (Lipinski definition) is 1. The molecule has 4 heteroatoms. The third-order valence-electron chi connectivity index (χ3n) is 4.83. The number of halogens is 3. The van der Waals surface area contributed by atoms with Crippen LogP contribution in [-0.2, 0) is 12.6 Å². The molecule has 0 saturated heterocycles. The molecule has 0 atom stereocenters. The first-order valence-electron chi connectivity index (χ1n) is 8.60. The predicted octanol–water partition coefficient (Wildman–Crippen LogP) is 6.61. The third-order valence-corrected chi connectivity index (χ3v) is 4.83. The van der Waals surface area contributed by atoms with Crippen molar-refractivity contribution in [2.45, 2.75) is 12.6 Å².